The summed E-state index contributed by atoms with van der Waals surface area (Å²) in [5.41, 5.74) is 0. The molecule has 1 atom stereocenters. The molecule has 0 saturated carbocycles. The first-order valence-corrected chi connectivity index (χ1v) is 34.1. The molecule has 0 rings (SSSR count). The highest BCUT2D eigenvalue weighted by Gasteiger charge is 2.19. The van der Waals surface area contributed by atoms with Crippen molar-refractivity contribution in [1.29, 1.82) is 0 Å². The summed E-state index contributed by atoms with van der Waals surface area (Å²) in [5.74, 6) is -0.887. The first-order chi connectivity index (χ1) is 38.0. The Morgan fingerprint density at radius 2 is 0.468 bits per heavy atom. The van der Waals surface area contributed by atoms with Crippen LogP contribution in [0.2, 0.25) is 0 Å². The van der Waals surface area contributed by atoms with Crippen molar-refractivity contribution < 1.29 is 28.6 Å². The maximum absolute atomic E-state index is 12.9. The predicted octanol–water partition coefficient (Wildman–Crippen LogP) is 23.3. The lowest BCUT2D eigenvalue weighted by molar-refractivity contribution is -0.167. The predicted molar refractivity (Wildman–Crippen MR) is 335 cm³/mol. The van der Waals surface area contributed by atoms with Crippen molar-refractivity contribution in [3.05, 3.63) is 48.6 Å². The number of esters is 3. The number of carbonyl (C=O) groups is 3. The van der Waals surface area contributed by atoms with Gasteiger partial charge in [0.1, 0.15) is 13.2 Å². The molecule has 0 spiro atoms. The fourth-order valence-electron chi connectivity index (χ4n) is 10.2. The Morgan fingerprint density at radius 3 is 0.753 bits per heavy atom. The van der Waals surface area contributed by atoms with Gasteiger partial charge in [-0.25, -0.2) is 0 Å². The lowest BCUT2D eigenvalue weighted by Crippen LogP contribution is -2.30. The van der Waals surface area contributed by atoms with Gasteiger partial charge in [-0.05, 0) is 83.5 Å². The molecular formula is C71H130O6. The van der Waals surface area contributed by atoms with E-state index in [2.05, 4.69) is 69.4 Å². The first-order valence-electron chi connectivity index (χ1n) is 34.1. The van der Waals surface area contributed by atoms with Crippen molar-refractivity contribution in [2.75, 3.05) is 13.2 Å². The van der Waals surface area contributed by atoms with E-state index in [0.29, 0.717) is 19.3 Å². The molecule has 6 heteroatoms. The fraction of sp³-hybridized carbons (Fsp3) is 0.845. The average molecular weight is 1080 g/mol. The van der Waals surface area contributed by atoms with Crippen LogP contribution in [0.4, 0.5) is 0 Å². The van der Waals surface area contributed by atoms with Crippen LogP contribution in [-0.4, -0.2) is 37.2 Å². The van der Waals surface area contributed by atoms with Gasteiger partial charge in [0.2, 0.25) is 0 Å². The lowest BCUT2D eigenvalue weighted by atomic mass is 10.0. The SMILES string of the molecule is CCCCC/C=C\C/C=C\CCCCCCCC(=O)OCC(COC(=O)CCCCCCCCCCCCCCCCCCCCCCCCCCCCCC)OC(=O)CCCCCCC/C=C\C/C=C\CCCCCC. The molecule has 0 aliphatic carbocycles. The largest absolute Gasteiger partial charge is 0.462 e. The van der Waals surface area contributed by atoms with Gasteiger partial charge in [-0.15, -0.1) is 0 Å². The minimum Gasteiger partial charge on any atom is -0.462 e. The van der Waals surface area contributed by atoms with Gasteiger partial charge in [-0.2, -0.15) is 0 Å². The molecule has 0 radical (unpaired) electrons. The molecule has 0 N–H and O–H groups in total. The molecule has 0 bridgehead atoms. The van der Waals surface area contributed by atoms with Gasteiger partial charge >= 0.3 is 17.9 Å². The number of hydrogen-bond donors (Lipinski definition) is 0. The molecule has 0 aromatic rings. The van der Waals surface area contributed by atoms with Gasteiger partial charge < -0.3 is 14.2 Å². The van der Waals surface area contributed by atoms with E-state index < -0.39 is 6.10 Å². The van der Waals surface area contributed by atoms with E-state index in [-0.39, 0.29) is 31.1 Å². The topological polar surface area (TPSA) is 78.9 Å². The van der Waals surface area contributed by atoms with Gasteiger partial charge in [-0.1, -0.05) is 313 Å². The number of rotatable bonds is 63. The molecule has 0 heterocycles. The second kappa shape index (κ2) is 65.9. The van der Waals surface area contributed by atoms with Crippen LogP contribution >= 0.6 is 0 Å². The van der Waals surface area contributed by atoms with E-state index in [1.54, 1.807) is 0 Å². The number of allylic oxidation sites excluding steroid dienone is 8. The maximum atomic E-state index is 12.9. The van der Waals surface area contributed by atoms with Crippen LogP contribution < -0.4 is 0 Å². The first kappa shape index (κ1) is 74.4. The fourth-order valence-corrected chi connectivity index (χ4v) is 10.2. The zero-order chi connectivity index (χ0) is 55.7. The van der Waals surface area contributed by atoms with Crippen LogP contribution in [0.15, 0.2) is 48.6 Å². The Morgan fingerprint density at radius 1 is 0.260 bits per heavy atom. The van der Waals surface area contributed by atoms with Crippen LogP contribution in [0, 0.1) is 0 Å². The second-order valence-electron chi connectivity index (χ2n) is 23.1. The molecular weight excluding hydrogens is 949 g/mol. The van der Waals surface area contributed by atoms with Gasteiger partial charge in [-0.3, -0.25) is 14.4 Å². The molecule has 0 aliphatic rings. The second-order valence-corrected chi connectivity index (χ2v) is 23.1. The standard InChI is InChI=1S/C71H130O6/c1-4-7-10-13-16-19-22-25-28-30-31-32-33-34-35-36-37-38-39-40-41-44-46-49-52-55-58-61-64-70(73)76-67-68(66-75-69(72)63-60-57-54-51-48-45-42-27-24-21-18-15-12-9-6-3)77-71(74)65-62-59-56-53-50-47-43-29-26-23-20-17-14-11-8-5-2/h18,20-21,23,27,29,42-43,68H,4-17,19,22,24-26,28,30-41,44-67H2,1-3H3/b21-18-,23-20-,42-27-,43-29-. The summed E-state index contributed by atoms with van der Waals surface area (Å²) in [5, 5.41) is 0. The monoisotopic (exact) mass is 1080 g/mol. The summed E-state index contributed by atoms with van der Waals surface area (Å²) in [6.45, 7) is 6.63. The molecule has 0 aromatic carbocycles. The molecule has 0 saturated heterocycles. The van der Waals surface area contributed by atoms with Gasteiger partial charge in [0, 0.05) is 19.3 Å². The third-order valence-corrected chi connectivity index (χ3v) is 15.3. The van der Waals surface area contributed by atoms with Crippen LogP contribution in [0.5, 0.6) is 0 Å². The Bertz CT molecular complexity index is 1330. The molecule has 77 heavy (non-hydrogen) atoms. The molecule has 1 unspecified atom stereocenters. The van der Waals surface area contributed by atoms with Crippen LogP contribution in [0.1, 0.15) is 367 Å². The van der Waals surface area contributed by atoms with E-state index >= 15 is 0 Å². The van der Waals surface area contributed by atoms with E-state index in [4.69, 9.17) is 14.2 Å². The highest BCUT2D eigenvalue weighted by Crippen LogP contribution is 2.18. The number of carbonyl (C=O) groups excluding carboxylic acids is 3. The Kier molecular flexibility index (Phi) is 63.6. The summed E-state index contributed by atoms with van der Waals surface area (Å²) >= 11 is 0. The average Bonchev–Trinajstić information content (AvgIpc) is 3.43. The van der Waals surface area contributed by atoms with Gasteiger partial charge in [0.25, 0.3) is 0 Å². The van der Waals surface area contributed by atoms with E-state index in [1.165, 1.54) is 225 Å². The van der Waals surface area contributed by atoms with Crippen LogP contribution in [-0.2, 0) is 28.6 Å². The van der Waals surface area contributed by atoms with E-state index in [9.17, 15) is 14.4 Å². The van der Waals surface area contributed by atoms with E-state index in [0.717, 1.165) is 103 Å². The quantitative estimate of drug-likeness (QED) is 0.0261. The van der Waals surface area contributed by atoms with Crippen LogP contribution in [0.3, 0.4) is 0 Å². The number of unbranched alkanes of at least 4 members (excludes halogenated alkanes) is 44. The zero-order valence-electron chi connectivity index (χ0n) is 51.7. The maximum Gasteiger partial charge on any atom is 0.306 e. The molecule has 0 aromatic heterocycles. The summed E-state index contributed by atoms with van der Waals surface area (Å²) in [6.07, 6.45) is 82.8. The smallest absolute Gasteiger partial charge is 0.306 e. The molecule has 450 valence electrons. The summed E-state index contributed by atoms with van der Waals surface area (Å²) in [7, 11) is 0. The minimum atomic E-state index is -0.786. The third-order valence-electron chi connectivity index (χ3n) is 15.3. The molecule has 6 nitrogen and oxygen atoms in total. The van der Waals surface area contributed by atoms with Crippen molar-refractivity contribution in [1.82, 2.24) is 0 Å². The van der Waals surface area contributed by atoms with Gasteiger partial charge in [0.15, 0.2) is 6.10 Å². The summed E-state index contributed by atoms with van der Waals surface area (Å²) in [4.78, 5) is 38.3. The lowest BCUT2D eigenvalue weighted by Gasteiger charge is -2.18. The molecule has 0 fully saturated rings. The third kappa shape index (κ3) is 64.1. The Balaban J connectivity index is 4.22. The Labute approximate surface area is 479 Å². The van der Waals surface area contributed by atoms with Crippen LogP contribution in [0.25, 0.3) is 0 Å². The zero-order valence-corrected chi connectivity index (χ0v) is 51.7. The minimum absolute atomic E-state index is 0.0800. The highest BCUT2D eigenvalue weighted by atomic mass is 16.6. The highest BCUT2D eigenvalue weighted by molar-refractivity contribution is 5.71. The normalized spacial score (nSPS) is 12.3. The van der Waals surface area contributed by atoms with Crippen molar-refractivity contribution in [3.63, 3.8) is 0 Å². The Hall–Kier alpha value is -2.63. The summed E-state index contributed by atoms with van der Waals surface area (Å²) in [6, 6.07) is 0. The molecule has 0 amide bonds. The summed E-state index contributed by atoms with van der Waals surface area (Å²) < 4.78 is 16.9. The number of hydrogen-bond acceptors (Lipinski definition) is 6. The molecule has 0 aliphatic heterocycles. The van der Waals surface area contributed by atoms with Crippen molar-refractivity contribution in [2.45, 2.75) is 374 Å². The van der Waals surface area contributed by atoms with Gasteiger partial charge in [0.05, 0.1) is 0 Å². The number of ether oxygens (including phenoxy) is 3. The van der Waals surface area contributed by atoms with Crippen molar-refractivity contribution in [3.8, 4) is 0 Å². The van der Waals surface area contributed by atoms with E-state index in [1.807, 2.05) is 0 Å². The van der Waals surface area contributed by atoms with Crippen molar-refractivity contribution in [2.24, 2.45) is 0 Å². The van der Waals surface area contributed by atoms with Crippen molar-refractivity contribution >= 4 is 17.9 Å².